The summed E-state index contributed by atoms with van der Waals surface area (Å²) in [5, 5.41) is 3.23. The van der Waals surface area contributed by atoms with Crippen molar-refractivity contribution >= 4 is 28.8 Å². The minimum absolute atomic E-state index is 0.267. The van der Waals surface area contributed by atoms with Gasteiger partial charge in [0.25, 0.3) is 11.8 Å². The molecule has 1 N–H and O–H groups in total. The summed E-state index contributed by atoms with van der Waals surface area (Å²) in [6.07, 6.45) is 0. The molecule has 1 heterocycles. The van der Waals surface area contributed by atoms with Gasteiger partial charge >= 0.3 is 0 Å². The molecule has 4 rings (SSSR count). The van der Waals surface area contributed by atoms with Crippen molar-refractivity contribution in [1.82, 2.24) is 0 Å². The maximum atomic E-state index is 13.6. The number of hydrogen-bond donors (Lipinski definition) is 1. The van der Waals surface area contributed by atoms with Crippen molar-refractivity contribution < 1.29 is 14.3 Å². The summed E-state index contributed by atoms with van der Waals surface area (Å²) in [7, 11) is 1.55. The highest BCUT2D eigenvalue weighted by atomic mass is 16.5. The average molecular weight is 441 g/mol. The van der Waals surface area contributed by atoms with Gasteiger partial charge in [-0.25, -0.2) is 4.90 Å². The first-order valence-electron chi connectivity index (χ1n) is 11.0. The molecule has 33 heavy (non-hydrogen) atoms. The molecule has 0 saturated carbocycles. The summed E-state index contributed by atoms with van der Waals surface area (Å²) in [5.74, 6) is 0.223. The van der Waals surface area contributed by atoms with Gasteiger partial charge in [-0.2, -0.15) is 0 Å². The van der Waals surface area contributed by atoms with E-state index >= 15 is 0 Å². The number of amides is 2. The number of rotatable bonds is 6. The summed E-state index contributed by atoms with van der Waals surface area (Å²) in [6.45, 7) is 8.28. The average Bonchev–Trinajstić information content (AvgIpc) is 3.05. The standard InChI is InChI=1S/C28H28N2O3/c1-17(2)20-11-13-22(14-12-20)29-26-25(21-10-9-18(3)19(4)15-21)27(31)30(28(26)32)23-7-6-8-24(16-23)33-5/h6-17,29H,1-5H3. The highest BCUT2D eigenvalue weighted by Gasteiger charge is 2.40. The fraction of sp³-hybridized carbons (Fsp3) is 0.214. The van der Waals surface area contributed by atoms with Crippen LogP contribution in [0.3, 0.4) is 0 Å². The number of aryl methyl sites for hydroxylation is 2. The van der Waals surface area contributed by atoms with Crippen LogP contribution in [0.15, 0.2) is 72.4 Å². The molecule has 168 valence electrons. The van der Waals surface area contributed by atoms with Crippen molar-refractivity contribution in [2.75, 3.05) is 17.3 Å². The van der Waals surface area contributed by atoms with Gasteiger partial charge in [0.05, 0.1) is 18.4 Å². The molecule has 0 fully saturated rings. The quantitative estimate of drug-likeness (QED) is 0.490. The predicted octanol–water partition coefficient (Wildman–Crippen LogP) is 5.83. The monoisotopic (exact) mass is 440 g/mol. The van der Waals surface area contributed by atoms with Gasteiger partial charge < -0.3 is 10.1 Å². The first-order valence-corrected chi connectivity index (χ1v) is 11.0. The van der Waals surface area contributed by atoms with Crippen LogP contribution in [0.5, 0.6) is 5.75 Å². The van der Waals surface area contributed by atoms with E-state index in [0.717, 1.165) is 16.8 Å². The Morgan fingerprint density at radius 3 is 2.21 bits per heavy atom. The molecule has 0 radical (unpaired) electrons. The molecule has 0 saturated heterocycles. The van der Waals surface area contributed by atoms with Crippen LogP contribution in [-0.4, -0.2) is 18.9 Å². The third kappa shape index (κ3) is 4.27. The van der Waals surface area contributed by atoms with Gasteiger partial charge in [-0.15, -0.1) is 0 Å². The molecule has 1 aliphatic rings. The van der Waals surface area contributed by atoms with Gasteiger partial charge in [0.2, 0.25) is 0 Å². The number of nitrogens with one attached hydrogen (secondary N) is 1. The first kappa shape index (κ1) is 22.3. The fourth-order valence-corrected chi connectivity index (χ4v) is 3.89. The van der Waals surface area contributed by atoms with Gasteiger partial charge in [-0.3, -0.25) is 9.59 Å². The van der Waals surface area contributed by atoms with Gasteiger partial charge in [0.1, 0.15) is 11.4 Å². The Morgan fingerprint density at radius 2 is 1.58 bits per heavy atom. The summed E-state index contributed by atoms with van der Waals surface area (Å²) >= 11 is 0. The number of carbonyl (C=O) groups is 2. The topological polar surface area (TPSA) is 58.6 Å². The van der Waals surface area contributed by atoms with E-state index in [1.54, 1.807) is 31.4 Å². The number of ether oxygens (including phenoxy) is 1. The van der Waals surface area contributed by atoms with Crippen LogP contribution in [0.4, 0.5) is 11.4 Å². The summed E-state index contributed by atoms with van der Waals surface area (Å²) in [6, 6.07) is 20.7. The van der Waals surface area contributed by atoms with E-state index in [-0.39, 0.29) is 11.6 Å². The number of carbonyl (C=O) groups excluding carboxylic acids is 2. The third-order valence-corrected chi connectivity index (χ3v) is 6.04. The lowest BCUT2D eigenvalue weighted by atomic mass is 9.99. The Balaban J connectivity index is 1.80. The summed E-state index contributed by atoms with van der Waals surface area (Å²) in [4.78, 5) is 28.4. The van der Waals surface area contributed by atoms with Crippen LogP contribution in [0.1, 0.15) is 42.0 Å². The number of imide groups is 1. The van der Waals surface area contributed by atoms with Crippen molar-refractivity contribution in [3.05, 3.63) is 94.7 Å². The van der Waals surface area contributed by atoms with Crippen LogP contribution >= 0.6 is 0 Å². The minimum Gasteiger partial charge on any atom is -0.497 e. The molecule has 5 heteroatoms. The molecule has 0 aliphatic carbocycles. The van der Waals surface area contributed by atoms with Gasteiger partial charge in [-0.05, 0) is 66.3 Å². The molecule has 3 aromatic carbocycles. The zero-order chi connectivity index (χ0) is 23.7. The van der Waals surface area contributed by atoms with E-state index in [1.165, 1.54) is 10.5 Å². The normalized spacial score (nSPS) is 13.8. The second-order valence-corrected chi connectivity index (χ2v) is 8.60. The zero-order valence-electron chi connectivity index (χ0n) is 19.6. The van der Waals surface area contributed by atoms with Crippen molar-refractivity contribution in [3.63, 3.8) is 0 Å². The molecular formula is C28H28N2O3. The third-order valence-electron chi connectivity index (χ3n) is 6.04. The van der Waals surface area contributed by atoms with E-state index in [1.807, 2.05) is 56.3 Å². The van der Waals surface area contributed by atoms with Crippen LogP contribution in [0.25, 0.3) is 5.57 Å². The SMILES string of the molecule is COc1cccc(N2C(=O)C(Nc3ccc(C(C)C)cc3)=C(c3ccc(C)c(C)c3)C2=O)c1. The molecule has 3 aromatic rings. The van der Waals surface area contributed by atoms with Crippen molar-refractivity contribution in [2.24, 2.45) is 0 Å². The van der Waals surface area contributed by atoms with E-state index in [0.29, 0.717) is 28.5 Å². The van der Waals surface area contributed by atoms with Crippen LogP contribution in [0, 0.1) is 13.8 Å². The van der Waals surface area contributed by atoms with Crippen molar-refractivity contribution in [3.8, 4) is 5.75 Å². The van der Waals surface area contributed by atoms with Gasteiger partial charge in [0.15, 0.2) is 0 Å². The van der Waals surface area contributed by atoms with Gasteiger partial charge in [-0.1, -0.05) is 50.2 Å². The molecule has 0 atom stereocenters. The molecule has 0 unspecified atom stereocenters. The maximum Gasteiger partial charge on any atom is 0.282 e. The Labute approximate surface area is 194 Å². The number of anilines is 2. The summed E-state index contributed by atoms with van der Waals surface area (Å²) in [5.41, 5.74) is 5.95. The number of methoxy groups -OCH3 is 1. The molecular weight excluding hydrogens is 412 g/mol. The van der Waals surface area contributed by atoms with Crippen LogP contribution in [0.2, 0.25) is 0 Å². The van der Waals surface area contributed by atoms with Crippen LogP contribution in [-0.2, 0) is 9.59 Å². The zero-order valence-corrected chi connectivity index (χ0v) is 19.6. The van der Waals surface area contributed by atoms with Crippen molar-refractivity contribution in [2.45, 2.75) is 33.6 Å². The Bertz CT molecular complexity index is 1260. The largest absolute Gasteiger partial charge is 0.497 e. The highest BCUT2D eigenvalue weighted by molar-refractivity contribution is 6.46. The number of nitrogens with zero attached hydrogens (tertiary/aromatic N) is 1. The molecule has 0 bridgehead atoms. The summed E-state index contributed by atoms with van der Waals surface area (Å²) < 4.78 is 5.30. The Morgan fingerprint density at radius 1 is 0.848 bits per heavy atom. The second-order valence-electron chi connectivity index (χ2n) is 8.60. The molecule has 1 aliphatic heterocycles. The lowest BCUT2D eigenvalue weighted by Crippen LogP contribution is -2.32. The van der Waals surface area contributed by atoms with E-state index in [9.17, 15) is 9.59 Å². The number of benzene rings is 3. The maximum absolute atomic E-state index is 13.6. The Kier molecular flexibility index (Phi) is 6.05. The molecule has 2 amide bonds. The molecule has 0 aromatic heterocycles. The van der Waals surface area contributed by atoms with E-state index in [2.05, 4.69) is 19.2 Å². The predicted molar refractivity (Wildman–Crippen MR) is 132 cm³/mol. The number of hydrogen-bond acceptors (Lipinski definition) is 4. The van der Waals surface area contributed by atoms with E-state index < -0.39 is 5.91 Å². The lowest BCUT2D eigenvalue weighted by molar-refractivity contribution is -0.120. The molecule has 5 nitrogen and oxygen atoms in total. The van der Waals surface area contributed by atoms with Gasteiger partial charge in [0, 0.05) is 11.8 Å². The molecule has 0 spiro atoms. The van der Waals surface area contributed by atoms with Crippen LogP contribution < -0.4 is 15.0 Å². The lowest BCUT2D eigenvalue weighted by Gasteiger charge is -2.16. The minimum atomic E-state index is -0.394. The second kappa shape index (κ2) is 8.94. The smallest absolute Gasteiger partial charge is 0.282 e. The van der Waals surface area contributed by atoms with Crippen molar-refractivity contribution in [1.29, 1.82) is 0 Å². The Hall–Kier alpha value is -3.86. The fourth-order valence-electron chi connectivity index (χ4n) is 3.89. The van der Waals surface area contributed by atoms with E-state index in [4.69, 9.17) is 4.74 Å². The first-order chi connectivity index (χ1) is 15.8. The highest BCUT2D eigenvalue weighted by Crippen LogP contribution is 2.35.